The van der Waals surface area contributed by atoms with E-state index < -0.39 is 0 Å². The molecule has 0 aromatic heterocycles. The normalized spacial score (nSPS) is 43.2. The van der Waals surface area contributed by atoms with Gasteiger partial charge in [-0.1, -0.05) is 34.1 Å². The van der Waals surface area contributed by atoms with Gasteiger partial charge in [0.15, 0.2) is 0 Å². The minimum absolute atomic E-state index is 0.0568. The predicted molar refractivity (Wildman–Crippen MR) is 56.5 cm³/mol. The first-order valence-corrected chi connectivity index (χ1v) is 5.76. The largest absolute Gasteiger partial charge is 0.393 e. The summed E-state index contributed by atoms with van der Waals surface area (Å²) < 4.78 is 0. The monoisotopic (exact) mass is 184 g/mol. The molecule has 78 valence electrons. The van der Waals surface area contributed by atoms with E-state index in [9.17, 15) is 5.11 Å². The van der Waals surface area contributed by atoms with Crippen molar-refractivity contribution in [1.29, 1.82) is 0 Å². The van der Waals surface area contributed by atoms with Crippen molar-refractivity contribution in [3.8, 4) is 0 Å². The molecule has 13 heavy (non-hydrogen) atoms. The van der Waals surface area contributed by atoms with Gasteiger partial charge >= 0.3 is 0 Å². The van der Waals surface area contributed by atoms with Crippen molar-refractivity contribution in [3.63, 3.8) is 0 Å². The summed E-state index contributed by atoms with van der Waals surface area (Å²) in [6.45, 7) is 8.99. The number of rotatable bonds is 2. The lowest BCUT2D eigenvalue weighted by Gasteiger charge is -2.41. The van der Waals surface area contributed by atoms with E-state index in [1.807, 2.05) is 0 Å². The van der Waals surface area contributed by atoms with E-state index >= 15 is 0 Å². The molecule has 1 nitrogen and oxygen atoms in total. The Balaban J connectivity index is 2.65. The molecule has 0 bridgehead atoms. The number of hydrogen-bond donors (Lipinski definition) is 1. The van der Waals surface area contributed by atoms with Gasteiger partial charge < -0.3 is 5.11 Å². The predicted octanol–water partition coefficient (Wildman–Crippen LogP) is 3.08. The van der Waals surface area contributed by atoms with Gasteiger partial charge in [-0.05, 0) is 36.5 Å². The third kappa shape index (κ3) is 2.25. The van der Waals surface area contributed by atoms with Gasteiger partial charge in [0.1, 0.15) is 0 Å². The number of aliphatic hydroxyl groups is 1. The molecule has 0 saturated heterocycles. The fourth-order valence-corrected chi connectivity index (χ4v) is 2.77. The van der Waals surface area contributed by atoms with Crippen molar-refractivity contribution < 1.29 is 5.11 Å². The number of hydrogen-bond acceptors (Lipinski definition) is 1. The van der Waals surface area contributed by atoms with Crippen LogP contribution in [-0.4, -0.2) is 11.2 Å². The van der Waals surface area contributed by atoms with Gasteiger partial charge in [0.25, 0.3) is 0 Å². The van der Waals surface area contributed by atoms with Gasteiger partial charge in [-0.2, -0.15) is 0 Å². The lowest BCUT2D eigenvalue weighted by Crippen LogP contribution is -2.40. The molecule has 0 aromatic carbocycles. The van der Waals surface area contributed by atoms with Crippen LogP contribution in [0.5, 0.6) is 0 Å². The van der Waals surface area contributed by atoms with Gasteiger partial charge in [0.2, 0.25) is 0 Å². The SMILES string of the molecule is CCC(C)C1C(C)CCC(C)C1O. The Kier molecular flexibility index (Phi) is 3.78. The summed E-state index contributed by atoms with van der Waals surface area (Å²) >= 11 is 0. The fraction of sp³-hybridized carbons (Fsp3) is 1.00. The average Bonchev–Trinajstić information content (AvgIpc) is 2.12. The summed E-state index contributed by atoms with van der Waals surface area (Å²) in [7, 11) is 0. The summed E-state index contributed by atoms with van der Waals surface area (Å²) in [6, 6.07) is 0. The first kappa shape index (κ1) is 11.0. The first-order valence-electron chi connectivity index (χ1n) is 5.76. The van der Waals surface area contributed by atoms with E-state index in [0.717, 1.165) is 0 Å². The van der Waals surface area contributed by atoms with Crippen LogP contribution in [0.25, 0.3) is 0 Å². The maximum Gasteiger partial charge on any atom is 0.0598 e. The molecule has 1 aliphatic carbocycles. The van der Waals surface area contributed by atoms with Crippen molar-refractivity contribution >= 4 is 0 Å². The van der Waals surface area contributed by atoms with Crippen LogP contribution in [0.1, 0.15) is 47.0 Å². The summed E-state index contributed by atoms with van der Waals surface area (Å²) in [5.74, 6) is 2.43. The molecular formula is C12H24O. The Morgan fingerprint density at radius 3 is 2.31 bits per heavy atom. The second-order valence-electron chi connectivity index (χ2n) is 4.99. The highest BCUT2D eigenvalue weighted by Gasteiger charge is 2.36. The molecule has 1 fully saturated rings. The highest BCUT2D eigenvalue weighted by molar-refractivity contribution is 4.86. The molecule has 0 radical (unpaired) electrons. The summed E-state index contributed by atoms with van der Waals surface area (Å²) in [5, 5.41) is 10.1. The van der Waals surface area contributed by atoms with Crippen LogP contribution in [0.4, 0.5) is 0 Å². The van der Waals surface area contributed by atoms with Crippen molar-refractivity contribution in [1.82, 2.24) is 0 Å². The second-order valence-corrected chi connectivity index (χ2v) is 4.99. The molecule has 1 saturated carbocycles. The zero-order valence-corrected chi connectivity index (χ0v) is 9.46. The van der Waals surface area contributed by atoms with E-state index in [0.29, 0.717) is 23.7 Å². The zero-order chi connectivity index (χ0) is 10.0. The molecule has 0 aromatic rings. The third-order valence-electron chi connectivity index (χ3n) is 4.01. The lowest BCUT2D eigenvalue weighted by molar-refractivity contribution is -0.0285. The van der Waals surface area contributed by atoms with E-state index in [-0.39, 0.29) is 6.10 Å². The molecule has 1 rings (SSSR count). The smallest absolute Gasteiger partial charge is 0.0598 e. The van der Waals surface area contributed by atoms with Crippen LogP contribution in [0.3, 0.4) is 0 Å². The van der Waals surface area contributed by atoms with Gasteiger partial charge in [0.05, 0.1) is 6.10 Å². The summed E-state index contributed by atoms with van der Waals surface area (Å²) in [4.78, 5) is 0. The van der Waals surface area contributed by atoms with Gasteiger partial charge in [-0.25, -0.2) is 0 Å². The maximum absolute atomic E-state index is 10.1. The van der Waals surface area contributed by atoms with Crippen LogP contribution < -0.4 is 0 Å². The molecule has 0 amide bonds. The first-order chi connectivity index (χ1) is 6.07. The highest BCUT2D eigenvalue weighted by atomic mass is 16.3. The Labute approximate surface area is 82.5 Å². The van der Waals surface area contributed by atoms with Crippen LogP contribution >= 0.6 is 0 Å². The number of aliphatic hydroxyl groups excluding tert-OH is 1. The molecular weight excluding hydrogens is 160 g/mol. The van der Waals surface area contributed by atoms with E-state index in [2.05, 4.69) is 27.7 Å². The second kappa shape index (κ2) is 4.45. The van der Waals surface area contributed by atoms with Gasteiger partial charge in [-0.15, -0.1) is 0 Å². The highest BCUT2D eigenvalue weighted by Crippen LogP contribution is 2.39. The Hall–Kier alpha value is -0.0400. The van der Waals surface area contributed by atoms with Crippen LogP contribution in [-0.2, 0) is 0 Å². The minimum Gasteiger partial charge on any atom is -0.393 e. The van der Waals surface area contributed by atoms with E-state index in [4.69, 9.17) is 0 Å². The zero-order valence-electron chi connectivity index (χ0n) is 9.46. The van der Waals surface area contributed by atoms with Crippen molar-refractivity contribution in [3.05, 3.63) is 0 Å². The minimum atomic E-state index is -0.0568. The topological polar surface area (TPSA) is 20.2 Å². The quantitative estimate of drug-likeness (QED) is 0.699. The molecule has 0 heterocycles. The molecule has 5 unspecified atom stereocenters. The summed E-state index contributed by atoms with van der Waals surface area (Å²) in [5.41, 5.74) is 0. The van der Waals surface area contributed by atoms with Crippen molar-refractivity contribution in [2.45, 2.75) is 53.1 Å². The van der Waals surface area contributed by atoms with Crippen molar-refractivity contribution in [2.24, 2.45) is 23.7 Å². The lowest BCUT2D eigenvalue weighted by atomic mass is 9.68. The average molecular weight is 184 g/mol. The van der Waals surface area contributed by atoms with E-state index in [1.54, 1.807) is 0 Å². The Bertz CT molecular complexity index is 151. The van der Waals surface area contributed by atoms with Gasteiger partial charge in [-0.3, -0.25) is 0 Å². The van der Waals surface area contributed by atoms with Crippen LogP contribution in [0, 0.1) is 23.7 Å². The fourth-order valence-electron chi connectivity index (χ4n) is 2.77. The molecule has 1 N–H and O–H groups in total. The Morgan fingerprint density at radius 2 is 1.77 bits per heavy atom. The van der Waals surface area contributed by atoms with Crippen LogP contribution in [0.15, 0.2) is 0 Å². The van der Waals surface area contributed by atoms with Crippen LogP contribution in [0.2, 0.25) is 0 Å². The maximum atomic E-state index is 10.1. The third-order valence-corrected chi connectivity index (χ3v) is 4.01. The van der Waals surface area contributed by atoms with Crippen molar-refractivity contribution in [2.75, 3.05) is 0 Å². The molecule has 5 atom stereocenters. The standard InChI is InChI=1S/C12H24O/c1-5-8(2)11-9(3)6-7-10(4)12(11)13/h8-13H,5-7H2,1-4H3. The summed E-state index contributed by atoms with van der Waals surface area (Å²) in [6.07, 6.45) is 3.64. The molecule has 1 heteroatoms. The van der Waals surface area contributed by atoms with E-state index in [1.165, 1.54) is 19.3 Å². The molecule has 0 aliphatic heterocycles. The molecule has 0 spiro atoms. The Morgan fingerprint density at radius 1 is 1.23 bits per heavy atom. The molecule has 1 aliphatic rings. The van der Waals surface area contributed by atoms with Gasteiger partial charge in [0, 0.05) is 0 Å².